The van der Waals surface area contributed by atoms with Crippen LogP contribution in [0.25, 0.3) is 0 Å². The SMILES string of the molecule is NC(c1ccc(Cl)c(Br)c1)c1cc(F)c(F)cc1Cl. The highest BCUT2D eigenvalue weighted by atomic mass is 79.9. The van der Waals surface area contributed by atoms with E-state index >= 15 is 0 Å². The molecule has 1 unspecified atom stereocenters. The summed E-state index contributed by atoms with van der Waals surface area (Å²) < 4.78 is 26.9. The maximum atomic E-state index is 13.3. The van der Waals surface area contributed by atoms with Crippen molar-refractivity contribution < 1.29 is 8.78 Å². The van der Waals surface area contributed by atoms with Gasteiger partial charge in [-0.15, -0.1) is 0 Å². The zero-order valence-electron chi connectivity index (χ0n) is 9.43. The molecule has 0 saturated heterocycles. The summed E-state index contributed by atoms with van der Waals surface area (Å²) in [6.07, 6.45) is 0. The van der Waals surface area contributed by atoms with Crippen LogP contribution in [0, 0.1) is 11.6 Å². The molecular weight excluding hydrogens is 359 g/mol. The van der Waals surface area contributed by atoms with Crippen molar-refractivity contribution >= 4 is 39.1 Å². The van der Waals surface area contributed by atoms with Gasteiger partial charge in [0.15, 0.2) is 11.6 Å². The molecule has 6 heteroatoms. The summed E-state index contributed by atoms with van der Waals surface area (Å²) in [4.78, 5) is 0. The number of hydrogen-bond donors (Lipinski definition) is 1. The normalized spacial score (nSPS) is 12.5. The van der Waals surface area contributed by atoms with Crippen LogP contribution < -0.4 is 5.73 Å². The maximum Gasteiger partial charge on any atom is 0.160 e. The lowest BCUT2D eigenvalue weighted by atomic mass is 9.99. The van der Waals surface area contributed by atoms with E-state index in [9.17, 15) is 8.78 Å². The fourth-order valence-electron chi connectivity index (χ4n) is 1.66. The van der Waals surface area contributed by atoms with Gasteiger partial charge in [-0.3, -0.25) is 0 Å². The summed E-state index contributed by atoms with van der Waals surface area (Å²) in [5.74, 6) is -1.99. The number of hydrogen-bond acceptors (Lipinski definition) is 1. The van der Waals surface area contributed by atoms with E-state index in [-0.39, 0.29) is 5.02 Å². The first-order chi connectivity index (χ1) is 8.90. The van der Waals surface area contributed by atoms with Crippen LogP contribution in [0.15, 0.2) is 34.8 Å². The van der Waals surface area contributed by atoms with Gasteiger partial charge in [-0.05, 0) is 51.3 Å². The van der Waals surface area contributed by atoms with Gasteiger partial charge in [-0.1, -0.05) is 29.3 Å². The quantitative estimate of drug-likeness (QED) is 0.736. The van der Waals surface area contributed by atoms with Crippen molar-refractivity contribution in [3.63, 3.8) is 0 Å². The first kappa shape index (κ1) is 14.7. The fraction of sp³-hybridized carbons (Fsp3) is 0.0769. The first-order valence-corrected chi connectivity index (χ1v) is 6.80. The van der Waals surface area contributed by atoms with Gasteiger partial charge >= 0.3 is 0 Å². The van der Waals surface area contributed by atoms with Gasteiger partial charge in [0.2, 0.25) is 0 Å². The Morgan fingerprint density at radius 3 is 2.26 bits per heavy atom. The number of halogens is 5. The van der Waals surface area contributed by atoms with E-state index in [2.05, 4.69) is 15.9 Å². The molecule has 0 bridgehead atoms. The molecule has 100 valence electrons. The zero-order valence-corrected chi connectivity index (χ0v) is 12.5. The number of rotatable bonds is 2. The van der Waals surface area contributed by atoms with Crippen molar-refractivity contribution in [2.24, 2.45) is 5.73 Å². The lowest BCUT2D eigenvalue weighted by Gasteiger charge is -2.15. The smallest absolute Gasteiger partial charge is 0.160 e. The van der Waals surface area contributed by atoms with Crippen LogP contribution in [0.3, 0.4) is 0 Å². The highest BCUT2D eigenvalue weighted by Crippen LogP contribution is 2.31. The Morgan fingerprint density at radius 2 is 1.63 bits per heavy atom. The minimum Gasteiger partial charge on any atom is -0.320 e. The van der Waals surface area contributed by atoms with Crippen molar-refractivity contribution in [3.05, 3.63) is 67.6 Å². The molecule has 2 aromatic rings. The Kier molecular flexibility index (Phi) is 4.46. The van der Waals surface area contributed by atoms with E-state index in [4.69, 9.17) is 28.9 Å². The van der Waals surface area contributed by atoms with Crippen molar-refractivity contribution in [2.45, 2.75) is 6.04 Å². The molecule has 2 rings (SSSR count). The second-order valence-corrected chi connectivity index (χ2v) is 5.61. The van der Waals surface area contributed by atoms with E-state index in [0.29, 0.717) is 20.6 Å². The third-order valence-electron chi connectivity index (χ3n) is 2.68. The molecule has 0 saturated carbocycles. The van der Waals surface area contributed by atoms with Crippen molar-refractivity contribution in [3.8, 4) is 0 Å². The lowest BCUT2D eigenvalue weighted by Crippen LogP contribution is -2.13. The van der Waals surface area contributed by atoms with Gasteiger partial charge in [0.1, 0.15) is 0 Å². The minimum atomic E-state index is -1.00. The zero-order chi connectivity index (χ0) is 14.2. The van der Waals surface area contributed by atoms with Gasteiger partial charge in [0.05, 0.1) is 11.1 Å². The molecule has 1 atom stereocenters. The molecule has 0 aliphatic carbocycles. The van der Waals surface area contributed by atoms with Crippen LogP contribution in [-0.2, 0) is 0 Å². The molecule has 1 nitrogen and oxygen atoms in total. The molecule has 19 heavy (non-hydrogen) atoms. The predicted octanol–water partition coefficient (Wildman–Crippen LogP) is 5.08. The molecule has 2 N–H and O–H groups in total. The van der Waals surface area contributed by atoms with E-state index < -0.39 is 17.7 Å². The van der Waals surface area contributed by atoms with Crippen molar-refractivity contribution in [1.82, 2.24) is 0 Å². The highest BCUT2D eigenvalue weighted by Gasteiger charge is 2.17. The Morgan fingerprint density at radius 1 is 1.00 bits per heavy atom. The average molecular weight is 367 g/mol. The first-order valence-electron chi connectivity index (χ1n) is 5.25. The standard InChI is InChI=1S/C13H8BrCl2F2N/c14-8-3-6(1-2-9(8)15)13(19)7-4-11(17)12(18)5-10(7)16/h1-5,13H,19H2. The van der Waals surface area contributed by atoms with Crippen LogP contribution in [-0.4, -0.2) is 0 Å². The van der Waals surface area contributed by atoms with Crippen LogP contribution >= 0.6 is 39.1 Å². The van der Waals surface area contributed by atoms with Crippen molar-refractivity contribution in [1.29, 1.82) is 0 Å². The lowest BCUT2D eigenvalue weighted by molar-refractivity contribution is 0.506. The monoisotopic (exact) mass is 365 g/mol. The summed E-state index contributed by atoms with van der Waals surface area (Å²) in [6.45, 7) is 0. The van der Waals surface area contributed by atoms with Crippen LogP contribution in [0.2, 0.25) is 10.0 Å². The Balaban J connectivity index is 2.46. The highest BCUT2D eigenvalue weighted by molar-refractivity contribution is 9.10. The largest absolute Gasteiger partial charge is 0.320 e. The van der Waals surface area contributed by atoms with Crippen molar-refractivity contribution in [2.75, 3.05) is 0 Å². The summed E-state index contributed by atoms with van der Waals surface area (Å²) >= 11 is 15.1. The van der Waals surface area contributed by atoms with Crippen LogP contribution in [0.5, 0.6) is 0 Å². The molecular formula is C13H8BrCl2F2N. The van der Waals surface area contributed by atoms with E-state index in [1.807, 2.05) is 0 Å². The molecule has 0 aromatic heterocycles. The Bertz CT molecular complexity index is 634. The number of nitrogens with two attached hydrogens (primary N) is 1. The third kappa shape index (κ3) is 3.08. The van der Waals surface area contributed by atoms with Gasteiger partial charge in [0, 0.05) is 9.50 Å². The maximum absolute atomic E-state index is 13.3. The topological polar surface area (TPSA) is 26.0 Å². The van der Waals surface area contributed by atoms with Crippen LogP contribution in [0.1, 0.15) is 17.2 Å². The van der Waals surface area contributed by atoms with Crippen LogP contribution in [0.4, 0.5) is 8.78 Å². The fourth-order valence-corrected chi connectivity index (χ4v) is 2.44. The second kappa shape index (κ2) is 5.75. The van der Waals surface area contributed by atoms with E-state index in [1.165, 1.54) is 0 Å². The third-order valence-corrected chi connectivity index (χ3v) is 4.22. The molecule has 0 aliphatic heterocycles. The van der Waals surface area contributed by atoms with Gasteiger partial charge in [-0.2, -0.15) is 0 Å². The van der Waals surface area contributed by atoms with Gasteiger partial charge in [0.25, 0.3) is 0 Å². The molecule has 0 heterocycles. The van der Waals surface area contributed by atoms with Gasteiger partial charge in [-0.25, -0.2) is 8.78 Å². The molecule has 0 spiro atoms. The minimum absolute atomic E-state index is 0.0810. The molecule has 0 fully saturated rings. The summed E-state index contributed by atoms with van der Waals surface area (Å²) in [7, 11) is 0. The Hall–Kier alpha value is -0.680. The molecule has 2 aromatic carbocycles. The van der Waals surface area contributed by atoms with E-state index in [1.54, 1.807) is 18.2 Å². The summed E-state index contributed by atoms with van der Waals surface area (Å²) in [6, 6.07) is 6.33. The van der Waals surface area contributed by atoms with E-state index in [0.717, 1.165) is 12.1 Å². The average Bonchev–Trinajstić information content (AvgIpc) is 2.36. The Labute approximate surface area is 127 Å². The summed E-state index contributed by atoms with van der Waals surface area (Å²) in [5.41, 5.74) is 7.02. The summed E-state index contributed by atoms with van der Waals surface area (Å²) in [5, 5.41) is 0.616. The number of benzene rings is 2. The molecule has 0 radical (unpaired) electrons. The molecule has 0 amide bonds. The van der Waals surface area contributed by atoms with Gasteiger partial charge < -0.3 is 5.73 Å². The predicted molar refractivity (Wildman–Crippen MR) is 76.6 cm³/mol. The second-order valence-electron chi connectivity index (χ2n) is 3.94. The molecule has 0 aliphatic rings.